The van der Waals surface area contributed by atoms with E-state index in [1.165, 1.54) is 0 Å². The van der Waals surface area contributed by atoms with Gasteiger partial charge in [-0.2, -0.15) is 0 Å². The molecule has 2 aromatic carbocycles. The molecule has 1 aliphatic rings. The van der Waals surface area contributed by atoms with Crippen molar-refractivity contribution in [1.29, 1.82) is 0 Å². The van der Waals surface area contributed by atoms with Crippen molar-refractivity contribution in [2.45, 2.75) is 0 Å². The lowest BCUT2D eigenvalue weighted by atomic mass is 10.1. The van der Waals surface area contributed by atoms with Crippen molar-refractivity contribution in [3.05, 3.63) is 59.7 Å². The highest BCUT2D eigenvalue weighted by molar-refractivity contribution is 6.05. The van der Waals surface area contributed by atoms with Crippen LogP contribution in [0.5, 0.6) is 0 Å². The van der Waals surface area contributed by atoms with Crippen LogP contribution in [0.15, 0.2) is 53.5 Å². The molecule has 0 aliphatic carbocycles. The summed E-state index contributed by atoms with van der Waals surface area (Å²) in [4.78, 5) is 16.5. The fourth-order valence-corrected chi connectivity index (χ4v) is 2.19. The van der Waals surface area contributed by atoms with E-state index >= 15 is 0 Å². The van der Waals surface area contributed by atoms with Crippen LogP contribution in [0.2, 0.25) is 0 Å². The van der Waals surface area contributed by atoms with Crippen LogP contribution < -0.4 is 16.4 Å². The second-order valence-electron chi connectivity index (χ2n) is 4.81. The molecule has 3 rings (SSSR count). The number of amidine groups is 1. The zero-order valence-corrected chi connectivity index (χ0v) is 11.5. The lowest BCUT2D eigenvalue weighted by Crippen LogP contribution is -2.19. The number of anilines is 2. The summed E-state index contributed by atoms with van der Waals surface area (Å²) < 4.78 is 0. The average Bonchev–Trinajstić information content (AvgIpc) is 3.02. The van der Waals surface area contributed by atoms with E-state index < -0.39 is 0 Å². The van der Waals surface area contributed by atoms with E-state index in [0.717, 1.165) is 30.2 Å². The number of aliphatic imine (C=N–C) groups is 1. The standard InChI is InChI=1S/C16H16N4O/c17-13-3-1-2-12(10-13)16(21)20-14-6-4-11(5-7-14)15-18-8-9-19-15/h1-7,10H,8-9,17H2,(H,18,19)(H,20,21). The van der Waals surface area contributed by atoms with Gasteiger partial charge in [-0.05, 0) is 42.5 Å². The number of nitrogens with zero attached hydrogens (tertiary/aromatic N) is 1. The normalized spacial score (nSPS) is 13.4. The summed E-state index contributed by atoms with van der Waals surface area (Å²) in [6.45, 7) is 1.69. The Hall–Kier alpha value is -2.82. The monoisotopic (exact) mass is 280 g/mol. The number of amides is 1. The minimum Gasteiger partial charge on any atom is -0.399 e. The predicted octanol–water partition coefficient (Wildman–Crippen LogP) is 1.87. The van der Waals surface area contributed by atoms with Gasteiger partial charge in [-0.3, -0.25) is 9.79 Å². The number of carbonyl (C=O) groups is 1. The van der Waals surface area contributed by atoms with Crippen LogP contribution in [0.25, 0.3) is 0 Å². The Kier molecular flexibility index (Phi) is 3.55. The van der Waals surface area contributed by atoms with Crippen molar-refractivity contribution in [3.63, 3.8) is 0 Å². The van der Waals surface area contributed by atoms with Crippen molar-refractivity contribution in [1.82, 2.24) is 5.32 Å². The highest BCUT2D eigenvalue weighted by Gasteiger charge is 2.09. The second kappa shape index (κ2) is 5.66. The van der Waals surface area contributed by atoms with Gasteiger partial charge in [0.25, 0.3) is 5.91 Å². The lowest BCUT2D eigenvalue weighted by molar-refractivity contribution is 0.102. The van der Waals surface area contributed by atoms with Crippen molar-refractivity contribution in [3.8, 4) is 0 Å². The van der Waals surface area contributed by atoms with E-state index in [0.29, 0.717) is 11.3 Å². The number of carbonyl (C=O) groups excluding carboxylic acids is 1. The van der Waals surface area contributed by atoms with Gasteiger partial charge in [0.2, 0.25) is 0 Å². The Bertz CT molecular complexity index is 692. The molecule has 1 amide bonds. The van der Waals surface area contributed by atoms with Gasteiger partial charge in [0.1, 0.15) is 5.84 Å². The molecular formula is C16H16N4O. The van der Waals surface area contributed by atoms with Gasteiger partial charge in [0.15, 0.2) is 0 Å². The summed E-state index contributed by atoms with van der Waals surface area (Å²) in [7, 11) is 0. The number of nitrogens with two attached hydrogens (primary N) is 1. The summed E-state index contributed by atoms with van der Waals surface area (Å²) in [5.74, 6) is 0.732. The first-order valence-electron chi connectivity index (χ1n) is 6.78. The Morgan fingerprint density at radius 3 is 2.67 bits per heavy atom. The third-order valence-corrected chi connectivity index (χ3v) is 3.24. The lowest BCUT2D eigenvalue weighted by Gasteiger charge is -2.07. The fourth-order valence-electron chi connectivity index (χ4n) is 2.19. The Balaban J connectivity index is 1.71. The van der Waals surface area contributed by atoms with Crippen LogP contribution in [0.3, 0.4) is 0 Å². The van der Waals surface area contributed by atoms with E-state index in [1.807, 2.05) is 24.3 Å². The molecule has 0 saturated carbocycles. The molecule has 21 heavy (non-hydrogen) atoms. The van der Waals surface area contributed by atoms with Gasteiger partial charge in [-0.25, -0.2) is 0 Å². The van der Waals surface area contributed by atoms with Gasteiger partial charge < -0.3 is 16.4 Å². The Morgan fingerprint density at radius 2 is 2.00 bits per heavy atom. The largest absolute Gasteiger partial charge is 0.399 e. The molecule has 0 fully saturated rings. The number of nitrogens with one attached hydrogen (secondary N) is 2. The van der Waals surface area contributed by atoms with Crippen molar-refractivity contribution in [2.24, 2.45) is 4.99 Å². The highest BCUT2D eigenvalue weighted by atomic mass is 16.1. The quantitative estimate of drug-likeness (QED) is 0.751. The molecule has 1 aliphatic heterocycles. The van der Waals surface area contributed by atoms with Crippen molar-refractivity contribution in [2.75, 3.05) is 24.1 Å². The number of rotatable bonds is 3. The maximum Gasteiger partial charge on any atom is 0.255 e. The Morgan fingerprint density at radius 1 is 1.19 bits per heavy atom. The molecule has 0 radical (unpaired) electrons. The van der Waals surface area contributed by atoms with Crippen LogP contribution in [0, 0.1) is 0 Å². The number of hydrogen-bond donors (Lipinski definition) is 3. The second-order valence-corrected chi connectivity index (χ2v) is 4.81. The van der Waals surface area contributed by atoms with E-state index in [9.17, 15) is 4.79 Å². The summed E-state index contributed by atoms with van der Waals surface area (Å²) in [6.07, 6.45) is 0. The molecule has 4 N–H and O–H groups in total. The fraction of sp³-hybridized carbons (Fsp3) is 0.125. The Labute approximate surface area is 122 Å². The first-order valence-corrected chi connectivity index (χ1v) is 6.78. The molecule has 0 spiro atoms. The highest BCUT2D eigenvalue weighted by Crippen LogP contribution is 2.13. The molecule has 0 aromatic heterocycles. The molecule has 5 nitrogen and oxygen atoms in total. The molecule has 0 bridgehead atoms. The number of nitrogen functional groups attached to an aromatic ring is 1. The minimum atomic E-state index is -0.175. The van der Waals surface area contributed by atoms with Crippen LogP contribution in [0.4, 0.5) is 11.4 Å². The van der Waals surface area contributed by atoms with Gasteiger partial charge in [-0.15, -0.1) is 0 Å². The number of hydrogen-bond acceptors (Lipinski definition) is 4. The number of benzene rings is 2. The molecule has 1 heterocycles. The maximum atomic E-state index is 12.1. The summed E-state index contributed by atoms with van der Waals surface area (Å²) in [6, 6.07) is 14.5. The molecular weight excluding hydrogens is 264 g/mol. The first kappa shape index (κ1) is 13.2. The van der Waals surface area contributed by atoms with Crippen LogP contribution in [-0.4, -0.2) is 24.8 Å². The molecule has 106 valence electrons. The summed E-state index contributed by atoms with van der Waals surface area (Å²) in [5.41, 5.74) is 8.56. The molecule has 0 saturated heterocycles. The van der Waals surface area contributed by atoms with Crippen molar-refractivity contribution < 1.29 is 4.79 Å². The van der Waals surface area contributed by atoms with Gasteiger partial charge in [-0.1, -0.05) is 6.07 Å². The molecule has 2 aromatic rings. The third-order valence-electron chi connectivity index (χ3n) is 3.24. The molecule has 0 unspecified atom stereocenters. The SMILES string of the molecule is Nc1cccc(C(=O)Nc2ccc(C3=NCCN3)cc2)c1. The smallest absolute Gasteiger partial charge is 0.255 e. The zero-order chi connectivity index (χ0) is 14.7. The van der Waals surface area contributed by atoms with Gasteiger partial charge >= 0.3 is 0 Å². The van der Waals surface area contributed by atoms with Gasteiger partial charge in [0.05, 0.1) is 6.54 Å². The average molecular weight is 280 g/mol. The predicted molar refractivity (Wildman–Crippen MR) is 84.7 cm³/mol. The zero-order valence-electron chi connectivity index (χ0n) is 11.5. The van der Waals surface area contributed by atoms with Crippen molar-refractivity contribution >= 4 is 23.1 Å². The summed E-state index contributed by atoms with van der Waals surface area (Å²) >= 11 is 0. The molecule has 5 heteroatoms. The summed E-state index contributed by atoms with van der Waals surface area (Å²) in [5, 5.41) is 6.06. The van der Waals surface area contributed by atoms with Crippen LogP contribution in [0.1, 0.15) is 15.9 Å². The topological polar surface area (TPSA) is 79.5 Å². The first-order chi connectivity index (χ1) is 10.2. The van der Waals surface area contributed by atoms with Crippen LogP contribution in [-0.2, 0) is 0 Å². The van der Waals surface area contributed by atoms with E-state index in [4.69, 9.17) is 5.73 Å². The van der Waals surface area contributed by atoms with E-state index in [1.54, 1.807) is 24.3 Å². The molecule has 0 atom stereocenters. The van der Waals surface area contributed by atoms with Gasteiger partial charge in [0, 0.05) is 29.0 Å². The minimum absolute atomic E-state index is 0.175. The van der Waals surface area contributed by atoms with Crippen LogP contribution >= 0.6 is 0 Å². The van der Waals surface area contributed by atoms with E-state index in [-0.39, 0.29) is 5.91 Å². The maximum absolute atomic E-state index is 12.1. The third kappa shape index (κ3) is 3.02. The van der Waals surface area contributed by atoms with E-state index in [2.05, 4.69) is 15.6 Å².